The number of benzene rings is 1. The second-order valence-corrected chi connectivity index (χ2v) is 7.29. The van der Waals surface area contributed by atoms with Crippen LogP contribution in [0.2, 0.25) is 10.0 Å². The van der Waals surface area contributed by atoms with Crippen molar-refractivity contribution in [1.29, 1.82) is 0 Å². The maximum atomic E-state index is 12.2. The molecule has 0 fully saturated rings. The lowest BCUT2D eigenvalue weighted by atomic mass is 10.3. The molecule has 1 aromatic carbocycles. The summed E-state index contributed by atoms with van der Waals surface area (Å²) in [6, 6.07) is 6.26. The van der Waals surface area contributed by atoms with Gasteiger partial charge >= 0.3 is 0 Å². The predicted octanol–water partition coefficient (Wildman–Crippen LogP) is 3.63. The molecule has 1 N–H and O–H groups in total. The van der Waals surface area contributed by atoms with Gasteiger partial charge in [-0.25, -0.2) is 13.1 Å². The van der Waals surface area contributed by atoms with Crippen LogP contribution in [0.3, 0.4) is 0 Å². The molecule has 0 aliphatic heterocycles. The summed E-state index contributed by atoms with van der Waals surface area (Å²) in [5.41, 5.74) is 0.757. The molecule has 0 radical (unpaired) electrons. The smallest absolute Gasteiger partial charge is 0.242 e. The van der Waals surface area contributed by atoms with Crippen molar-refractivity contribution in [1.82, 2.24) is 9.71 Å². The fourth-order valence-electron chi connectivity index (χ4n) is 1.47. The summed E-state index contributed by atoms with van der Waals surface area (Å²) >= 11 is 14.8. The van der Waals surface area contributed by atoms with Gasteiger partial charge in [0.25, 0.3) is 0 Å². The van der Waals surface area contributed by atoms with Gasteiger partial charge in [-0.1, -0.05) is 29.3 Å². The summed E-state index contributed by atoms with van der Waals surface area (Å²) in [5.74, 6) is 0. The summed E-state index contributed by atoms with van der Waals surface area (Å²) in [5, 5.41) is 0.460. The molecule has 2 rings (SSSR count). The van der Waals surface area contributed by atoms with Gasteiger partial charge < -0.3 is 0 Å². The molecular weight excluding hydrogens is 387 g/mol. The van der Waals surface area contributed by atoms with Crippen LogP contribution >= 0.6 is 39.1 Å². The molecule has 0 aliphatic carbocycles. The van der Waals surface area contributed by atoms with Crippen LogP contribution in [0.15, 0.2) is 46.0 Å². The van der Waals surface area contributed by atoms with E-state index in [1.54, 1.807) is 24.5 Å². The number of pyridine rings is 1. The lowest BCUT2D eigenvalue weighted by Crippen LogP contribution is -2.23. The Hall–Kier alpha value is -0.660. The average molecular weight is 396 g/mol. The van der Waals surface area contributed by atoms with Gasteiger partial charge in [-0.3, -0.25) is 4.98 Å². The van der Waals surface area contributed by atoms with E-state index >= 15 is 0 Å². The summed E-state index contributed by atoms with van der Waals surface area (Å²) in [4.78, 5) is 3.96. The highest BCUT2D eigenvalue weighted by atomic mass is 79.9. The van der Waals surface area contributed by atoms with Gasteiger partial charge in [-0.05, 0) is 39.7 Å². The van der Waals surface area contributed by atoms with Crippen molar-refractivity contribution in [3.05, 3.63) is 56.7 Å². The first-order valence-corrected chi connectivity index (χ1v) is 8.46. The van der Waals surface area contributed by atoms with Gasteiger partial charge in [0.2, 0.25) is 10.0 Å². The van der Waals surface area contributed by atoms with Gasteiger partial charge in [0, 0.05) is 23.4 Å². The zero-order chi connectivity index (χ0) is 14.8. The predicted molar refractivity (Wildman–Crippen MR) is 82.4 cm³/mol. The first-order valence-electron chi connectivity index (χ1n) is 5.43. The Morgan fingerprint density at radius 1 is 1.25 bits per heavy atom. The molecular formula is C12H9BrCl2N2O2S. The van der Waals surface area contributed by atoms with Gasteiger partial charge in [0.05, 0.1) is 14.9 Å². The van der Waals surface area contributed by atoms with E-state index in [4.69, 9.17) is 23.2 Å². The summed E-state index contributed by atoms with van der Waals surface area (Å²) < 4.78 is 27.3. The molecule has 20 heavy (non-hydrogen) atoms. The molecule has 0 saturated heterocycles. The monoisotopic (exact) mass is 394 g/mol. The normalized spacial score (nSPS) is 11.6. The minimum absolute atomic E-state index is 0.0378. The van der Waals surface area contributed by atoms with Crippen LogP contribution < -0.4 is 4.72 Å². The van der Waals surface area contributed by atoms with Crippen LogP contribution in [0.25, 0.3) is 0 Å². The number of halogens is 3. The van der Waals surface area contributed by atoms with Gasteiger partial charge in [-0.15, -0.1) is 0 Å². The molecule has 0 unspecified atom stereocenters. The average Bonchev–Trinajstić information content (AvgIpc) is 2.42. The highest BCUT2D eigenvalue weighted by Gasteiger charge is 2.19. The van der Waals surface area contributed by atoms with Crippen molar-refractivity contribution in [3.8, 4) is 0 Å². The molecule has 1 aromatic heterocycles. The number of nitrogens with zero attached hydrogens (tertiary/aromatic N) is 1. The van der Waals surface area contributed by atoms with Crippen LogP contribution in [0.4, 0.5) is 0 Å². The Kier molecular flexibility index (Phi) is 5.04. The van der Waals surface area contributed by atoms with Gasteiger partial charge in [0.1, 0.15) is 0 Å². The van der Waals surface area contributed by atoms with E-state index in [-0.39, 0.29) is 21.5 Å². The number of hydrogen-bond donors (Lipinski definition) is 1. The summed E-state index contributed by atoms with van der Waals surface area (Å²) in [6.45, 7) is 0.142. The van der Waals surface area contributed by atoms with Crippen molar-refractivity contribution in [2.75, 3.05) is 0 Å². The molecule has 0 bridgehead atoms. The van der Waals surface area contributed by atoms with Crippen LogP contribution in [0.5, 0.6) is 0 Å². The second kappa shape index (κ2) is 6.41. The SMILES string of the molecule is O=S(=O)(NCc1cccnc1)c1cc(Cl)c(Cl)cc1Br. The lowest BCUT2D eigenvalue weighted by molar-refractivity contribution is 0.580. The van der Waals surface area contributed by atoms with E-state index in [9.17, 15) is 8.42 Å². The number of hydrogen-bond acceptors (Lipinski definition) is 3. The molecule has 0 atom stereocenters. The Morgan fingerprint density at radius 2 is 1.95 bits per heavy atom. The zero-order valence-electron chi connectivity index (χ0n) is 9.98. The number of sulfonamides is 1. The number of rotatable bonds is 4. The molecule has 2 aromatic rings. The fraction of sp³-hybridized carbons (Fsp3) is 0.0833. The van der Waals surface area contributed by atoms with E-state index in [1.807, 2.05) is 0 Å². The lowest BCUT2D eigenvalue weighted by Gasteiger charge is -2.09. The minimum Gasteiger partial charge on any atom is -0.264 e. The molecule has 0 amide bonds. The topological polar surface area (TPSA) is 59.1 Å². The number of aromatic nitrogens is 1. The maximum Gasteiger partial charge on any atom is 0.242 e. The van der Waals surface area contributed by atoms with Crippen LogP contribution in [0.1, 0.15) is 5.56 Å². The molecule has 4 nitrogen and oxygen atoms in total. The van der Waals surface area contributed by atoms with E-state index < -0.39 is 10.0 Å². The van der Waals surface area contributed by atoms with Gasteiger partial charge in [0.15, 0.2) is 0 Å². The van der Waals surface area contributed by atoms with Crippen molar-refractivity contribution in [2.24, 2.45) is 0 Å². The molecule has 0 aliphatic rings. The van der Waals surface area contributed by atoms with Gasteiger partial charge in [-0.2, -0.15) is 0 Å². The summed E-state index contributed by atoms with van der Waals surface area (Å²) in [7, 11) is -3.70. The van der Waals surface area contributed by atoms with E-state index in [0.717, 1.165) is 5.56 Å². The van der Waals surface area contributed by atoms with E-state index in [2.05, 4.69) is 25.6 Å². The third-order valence-corrected chi connectivity index (χ3v) is 5.54. The molecule has 1 heterocycles. The van der Waals surface area contributed by atoms with Crippen molar-refractivity contribution in [3.63, 3.8) is 0 Å². The van der Waals surface area contributed by atoms with Crippen LogP contribution in [0, 0.1) is 0 Å². The van der Waals surface area contributed by atoms with Crippen LogP contribution in [-0.4, -0.2) is 13.4 Å². The largest absolute Gasteiger partial charge is 0.264 e. The molecule has 106 valence electrons. The quantitative estimate of drug-likeness (QED) is 0.804. The van der Waals surface area contributed by atoms with E-state index in [0.29, 0.717) is 4.47 Å². The Balaban J connectivity index is 2.25. The third kappa shape index (κ3) is 3.71. The zero-order valence-corrected chi connectivity index (χ0v) is 13.9. The van der Waals surface area contributed by atoms with Crippen LogP contribution in [-0.2, 0) is 16.6 Å². The first-order chi connectivity index (χ1) is 9.40. The molecule has 0 saturated carbocycles. The third-order valence-electron chi connectivity index (χ3n) is 2.45. The molecule has 8 heteroatoms. The summed E-state index contributed by atoms with van der Waals surface area (Å²) in [6.07, 6.45) is 3.21. The standard InChI is InChI=1S/C12H9BrCl2N2O2S/c13-9-4-10(14)11(15)5-12(9)20(18,19)17-7-8-2-1-3-16-6-8/h1-6,17H,7H2. The first kappa shape index (κ1) is 15.7. The van der Waals surface area contributed by atoms with Crippen molar-refractivity contribution < 1.29 is 8.42 Å². The Morgan fingerprint density at radius 3 is 2.60 bits per heavy atom. The van der Waals surface area contributed by atoms with Crippen molar-refractivity contribution in [2.45, 2.75) is 11.4 Å². The Labute approximate surface area is 135 Å². The number of nitrogens with one attached hydrogen (secondary N) is 1. The second-order valence-electron chi connectivity index (χ2n) is 3.88. The molecule has 0 spiro atoms. The fourth-order valence-corrected chi connectivity index (χ4v) is 4.08. The highest BCUT2D eigenvalue weighted by Crippen LogP contribution is 2.31. The highest BCUT2D eigenvalue weighted by molar-refractivity contribution is 9.10. The minimum atomic E-state index is -3.70. The van der Waals surface area contributed by atoms with Crippen molar-refractivity contribution >= 4 is 49.2 Å². The van der Waals surface area contributed by atoms with E-state index in [1.165, 1.54) is 12.1 Å². The maximum absolute atomic E-state index is 12.2. The Bertz CT molecular complexity index is 724.